The number of aromatic nitrogens is 4. The zero-order valence-corrected chi connectivity index (χ0v) is 17.7. The summed E-state index contributed by atoms with van der Waals surface area (Å²) in [6.07, 6.45) is 7.16. The van der Waals surface area contributed by atoms with E-state index in [9.17, 15) is 4.79 Å². The smallest absolute Gasteiger partial charge is 0.261 e. The first kappa shape index (κ1) is 20.1. The van der Waals surface area contributed by atoms with Gasteiger partial charge in [0, 0.05) is 50.5 Å². The van der Waals surface area contributed by atoms with Crippen LogP contribution in [0.2, 0.25) is 0 Å². The van der Waals surface area contributed by atoms with Crippen LogP contribution in [-0.4, -0.2) is 62.3 Å². The monoisotopic (exact) mass is 420 g/mol. The number of aliphatic hydroxyl groups excluding tert-OH is 1. The number of piperazine rings is 1. The van der Waals surface area contributed by atoms with Crippen molar-refractivity contribution >= 4 is 16.6 Å². The minimum absolute atomic E-state index is 0.0770. The zero-order chi connectivity index (χ0) is 21.2. The molecule has 0 radical (unpaired) electrons. The minimum Gasteiger partial charge on any atom is -0.395 e. The van der Waals surface area contributed by atoms with Gasteiger partial charge in [-0.15, -0.1) is 0 Å². The van der Waals surface area contributed by atoms with Crippen molar-refractivity contribution < 1.29 is 5.11 Å². The van der Waals surface area contributed by atoms with Gasteiger partial charge in [-0.05, 0) is 37.1 Å². The number of benzene rings is 1. The lowest BCUT2D eigenvalue weighted by atomic mass is 9.85. The van der Waals surface area contributed by atoms with Crippen molar-refractivity contribution in [2.45, 2.75) is 38.3 Å². The molecule has 31 heavy (non-hydrogen) atoms. The Labute approximate surface area is 181 Å². The Morgan fingerprint density at radius 3 is 2.65 bits per heavy atom. The molecule has 3 aromatic rings. The highest BCUT2D eigenvalue weighted by atomic mass is 16.3. The van der Waals surface area contributed by atoms with E-state index >= 15 is 0 Å². The first-order chi connectivity index (χ1) is 15.2. The van der Waals surface area contributed by atoms with Crippen LogP contribution < -0.4 is 10.5 Å². The maximum Gasteiger partial charge on any atom is 0.261 e. The number of hydrogen-bond donors (Lipinski definition) is 1. The van der Waals surface area contributed by atoms with Crippen molar-refractivity contribution in [3.63, 3.8) is 0 Å². The van der Waals surface area contributed by atoms with Crippen LogP contribution in [0.15, 0.2) is 41.6 Å². The van der Waals surface area contributed by atoms with Crippen LogP contribution >= 0.6 is 0 Å². The molecule has 1 aliphatic heterocycles. The average Bonchev–Trinajstić information content (AvgIpc) is 2.75. The Morgan fingerprint density at radius 2 is 1.90 bits per heavy atom. The number of fused-ring (bicyclic) bond motifs is 1. The van der Waals surface area contributed by atoms with E-state index in [1.165, 1.54) is 30.2 Å². The van der Waals surface area contributed by atoms with E-state index in [1.54, 1.807) is 0 Å². The third-order valence-electron chi connectivity index (χ3n) is 6.47. The average molecular weight is 421 g/mol. The first-order valence-electron chi connectivity index (χ1n) is 11.1. The fourth-order valence-electron chi connectivity index (χ4n) is 4.37. The Balaban J connectivity index is 1.23. The Hall–Kier alpha value is -2.84. The highest BCUT2D eigenvalue weighted by Crippen LogP contribution is 2.34. The van der Waals surface area contributed by atoms with E-state index in [2.05, 4.69) is 19.8 Å². The van der Waals surface area contributed by atoms with Crippen LogP contribution in [0.3, 0.4) is 0 Å². The van der Waals surface area contributed by atoms with E-state index in [1.807, 2.05) is 30.5 Å². The standard InChI is InChI=1S/C23H28N6O2/c30-13-12-29-16-25-21-14-19(4-5-20(21)23(29)31)28-10-8-27(9-11-28)15-18-6-7-24-22(26-18)17-2-1-3-17/h4-7,14,16-17,30H,1-3,8-13,15H2. The molecule has 2 fully saturated rings. The quantitative estimate of drug-likeness (QED) is 0.650. The second-order valence-electron chi connectivity index (χ2n) is 8.47. The van der Waals surface area contributed by atoms with Crippen molar-refractivity contribution in [2.24, 2.45) is 0 Å². The second-order valence-corrected chi connectivity index (χ2v) is 8.47. The van der Waals surface area contributed by atoms with Gasteiger partial charge < -0.3 is 10.0 Å². The van der Waals surface area contributed by atoms with Crippen molar-refractivity contribution in [1.82, 2.24) is 24.4 Å². The summed E-state index contributed by atoms with van der Waals surface area (Å²) in [6, 6.07) is 7.88. The molecule has 1 aromatic carbocycles. The molecule has 0 spiro atoms. The lowest BCUT2D eigenvalue weighted by molar-refractivity contribution is 0.246. The van der Waals surface area contributed by atoms with Gasteiger partial charge in [-0.25, -0.2) is 15.0 Å². The number of hydrogen-bond acceptors (Lipinski definition) is 7. The molecule has 2 aliphatic rings. The predicted octanol–water partition coefficient (Wildman–Crippen LogP) is 1.77. The summed E-state index contributed by atoms with van der Waals surface area (Å²) in [4.78, 5) is 31.0. The van der Waals surface area contributed by atoms with Gasteiger partial charge >= 0.3 is 0 Å². The fourth-order valence-corrected chi connectivity index (χ4v) is 4.37. The summed E-state index contributed by atoms with van der Waals surface area (Å²) in [7, 11) is 0. The third kappa shape index (κ3) is 4.18. The van der Waals surface area contributed by atoms with Crippen LogP contribution in [-0.2, 0) is 13.1 Å². The Kier molecular flexibility index (Phi) is 5.65. The lowest BCUT2D eigenvalue weighted by Crippen LogP contribution is -2.46. The van der Waals surface area contributed by atoms with Gasteiger partial charge in [0.05, 0.1) is 36.1 Å². The summed E-state index contributed by atoms with van der Waals surface area (Å²) in [5.41, 5.74) is 2.79. The molecule has 1 N–H and O–H groups in total. The number of rotatable bonds is 6. The summed E-state index contributed by atoms with van der Waals surface area (Å²) in [6.45, 7) is 4.83. The van der Waals surface area contributed by atoms with Gasteiger partial charge in [0.1, 0.15) is 5.82 Å². The topological polar surface area (TPSA) is 87.4 Å². The summed E-state index contributed by atoms with van der Waals surface area (Å²) < 4.78 is 1.45. The Bertz CT molecular complexity index is 1120. The van der Waals surface area contributed by atoms with Crippen LogP contribution in [0.1, 0.15) is 36.7 Å². The maximum atomic E-state index is 12.5. The number of aliphatic hydroxyl groups is 1. The number of anilines is 1. The molecular formula is C23H28N6O2. The number of nitrogens with zero attached hydrogens (tertiary/aromatic N) is 6. The SMILES string of the molecule is O=c1c2ccc(N3CCN(Cc4ccnc(C5CCC5)n4)CC3)cc2ncn1CCO. The molecule has 5 rings (SSSR count). The van der Waals surface area contributed by atoms with Crippen molar-refractivity contribution in [1.29, 1.82) is 0 Å². The lowest BCUT2D eigenvalue weighted by Gasteiger charge is -2.36. The van der Waals surface area contributed by atoms with Crippen molar-refractivity contribution in [2.75, 3.05) is 37.7 Å². The molecule has 1 aliphatic carbocycles. The summed E-state index contributed by atoms with van der Waals surface area (Å²) in [5, 5.41) is 9.68. The van der Waals surface area contributed by atoms with E-state index in [0.717, 1.165) is 49.9 Å². The molecule has 1 saturated carbocycles. The van der Waals surface area contributed by atoms with Crippen LogP contribution in [0.4, 0.5) is 5.69 Å². The predicted molar refractivity (Wildman–Crippen MR) is 119 cm³/mol. The van der Waals surface area contributed by atoms with E-state index in [4.69, 9.17) is 10.1 Å². The largest absolute Gasteiger partial charge is 0.395 e. The molecule has 2 aromatic heterocycles. The van der Waals surface area contributed by atoms with Gasteiger partial charge in [-0.2, -0.15) is 0 Å². The summed E-state index contributed by atoms with van der Waals surface area (Å²) >= 11 is 0. The maximum absolute atomic E-state index is 12.5. The zero-order valence-electron chi connectivity index (χ0n) is 17.7. The first-order valence-corrected chi connectivity index (χ1v) is 11.1. The third-order valence-corrected chi connectivity index (χ3v) is 6.47. The molecule has 0 amide bonds. The van der Waals surface area contributed by atoms with Crippen molar-refractivity contribution in [3.05, 3.63) is 58.7 Å². The van der Waals surface area contributed by atoms with Gasteiger partial charge in [-0.1, -0.05) is 6.42 Å². The minimum atomic E-state index is -0.110. The molecule has 1 saturated heterocycles. The van der Waals surface area contributed by atoms with Gasteiger partial charge in [0.15, 0.2) is 0 Å². The normalized spacial score (nSPS) is 17.8. The molecule has 162 valence electrons. The highest BCUT2D eigenvalue weighted by Gasteiger charge is 2.23. The molecule has 3 heterocycles. The van der Waals surface area contributed by atoms with Crippen molar-refractivity contribution in [3.8, 4) is 0 Å². The highest BCUT2D eigenvalue weighted by molar-refractivity contribution is 5.81. The van der Waals surface area contributed by atoms with E-state index in [-0.39, 0.29) is 18.7 Å². The van der Waals surface area contributed by atoms with Crippen LogP contribution in [0.5, 0.6) is 0 Å². The molecule has 0 atom stereocenters. The fraction of sp³-hybridized carbons (Fsp3) is 0.478. The Morgan fingerprint density at radius 1 is 1.06 bits per heavy atom. The molecular weight excluding hydrogens is 392 g/mol. The summed E-state index contributed by atoms with van der Waals surface area (Å²) in [5.74, 6) is 1.58. The van der Waals surface area contributed by atoms with Gasteiger partial charge in [0.2, 0.25) is 0 Å². The van der Waals surface area contributed by atoms with Gasteiger partial charge in [0.25, 0.3) is 5.56 Å². The van der Waals surface area contributed by atoms with Crippen LogP contribution in [0.25, 0.3) is 10.9 Å². The molecule has 8 nitrogen and oxygen atoms in total. The van der Waals surface area contributed by atoms with Crippen LogP contribution in [0, 0.1) is 0 Å². The molecule has 0 unspecified atom stereocenters. The van der Waals surface area contributed by atoms with E-state index < -0.39 is 0 Å². The molecule has 8 heteroatoms. The van der Waals surface area contributed by atoms with E-state index in [0.29, 0.717) is 16.8 Å². The van der Waals surface area contributed by atoms with Gasteiger partial charge in [-0.3, -0.25) is 14.3 Å². The second kappa shape index (κ2) is 8.72. The molecule has 0 bridgehead atoms.